The molecule has 1 heterocycles. The van der Waals surface area contributed by atoms with E-state index in [4.69, 9.17) is 5.73 Å². The van der Waals surface area contributed by atoms with Gasteiger partial charge in [0.25, 0.3) is 0 Å². The Hall–Kier alpha value is -0.380. The summed E-state index contributed by atoms with van der Waals surface area (Å²) in [7, 11) is 0. The van der Waals surface area contributed by atoms with E-state index < -0.39 is 0 Å². The minimum Gasteiger partial charge on any atom is -0.326 e. The second kappa shape index (κ2) is 4.71. The summed E-state index contributed by atoms with van der Waals surface area (Å²) in [6.45, 7) is 1.22. The van der Waals surface area contributed by atoms with Crippen molar-refractivity contribution in [2.75, 3.05) is 6.54 Å². The van der Waals surface area contributed by atoms with Gasteiger partial charge in [-0.1, -0.05) is 28.1 Å². The van der Waals surface area contributed by atoms with E-state index in [9.17, 15) is 0 Å². The van der Waals surface area contributed by atoms with E-state index >= 15 is 0 Å². The lowest BCUT2D eigenvalue weighted by molar-refractivity contribution is 0.120. The molecule has 1 saturated heterocycles. The van der Waals surface area contributed by atoms with Crippen molar-refractivity contribution in [3.05, 3.63) is 34.3 Å². The number of hydrogen-bond acceptors (Lipinski definition) is 2. The topological polar surface area (TPSA) is 29.3 Å². The molecule has 2 N–H and O–H groups in total. The molecule has 2 fully saturated rings. The molecule has 3 rings (SSSR count). The Labute approximate surface area is 111 Å². The molecule has 0 amide bonds. The summed E-state index contributed by atoms with van der Waals surface area (Å²) in [6.07, 6.45) is 5.12. The minimum atomic E-state index is 0.290. The van der Waals surface area contributed by atoms with Crippen LogP contribution in [0.1, 0.15) is 37.3 Å². The fourth-order valence-corrected chi connectivity index (χ4v) is 3.41. The average Bonchev–Trinajstić information content (AvgIpc) is 3.12. The van der Waals surface area contributed by atoms with Gasteiger partial charge in [0.05, 0.1) is 6.04 Å². The van der Waals surface area contributed by atoms with Crippen LogP contribution in [0.3, 0.4) is 0 Å². The molecule has 3 heteroatoms. The number of piperidine rings is 1. The highest BCUT2D eigenvalue weighted by Crippen LogP contribution is 2.39. The zero-order valence-electron chi connectivity index (χ0n) is 9.98. The van der Waals surface area contributed by atoms with Crippen molar-refractivity contribution in [1.82, 2.24) is 4.90 Å². The van der Waals surface area contributed by atoms with Crippen LogP contribution in [0.15, 0.2) is 28.7 Å². The molecule has 0 aromatic heterocycles. The van der Waals surface area contributed by atoms with Crippen LogP contribution >= 0.6 is 15.9 Å². The van der Waals surface area contributed by atoms with Gasteiger partial charge in [-0.2, -0.15) is 0 Å². The predicted molar refractivity (Wildman–Crippen MR) is 73.8 cm³/mol. The SMILES string of the molecule is NC1CCCN(C2CC2)C1c1cccc(Br)c1. The van der Waals surface area contributed by atoms with Crippen molar-refractivity contribution in [3.63, 3.8) is 0 Å². The Morgan fingerprint density at radius 2 is 2.06 bits per heavy atom. The first kappa shape index (κ1) is 11.7. The van der Waals surface area contributed by atoms with Crippen molar-refractivity contribution in [3.8, 4) is 0 Å². The molecule has 2 atom stereocenters. The molecule has 2 nitrogen and oxygen atoms in total. The van der Waals surface area contributed by atoms with Gasteiger partial charge in [-0.05, 0) is 49.9 Å². The molecule has 17 heavy (non-hydrogen) atoms. The molecule has 0 bridgehead atoms. The monoisotopic (exact) mass is 294 g/mol. The van der Waals surface area contributed by atoms with Gasteiger partial charge in [0, 0.05) is 16.6 Å². The van der Waals surface area contributed by atoms with Crippen LogP contribution in [0, 0.1) is 0 Å². The van der Waals surface area contributed by atoms with Crippen LogP contribution in [0.25, 0.3) is 0 Å². The Morgan fingerprint density at radius 3 is 2.76 bits per heavy atom. The Kier molecular flexibility index (Phi) is 3.24. The molecule has 1 aromatic carbocycles. The second-order valence-electron chi connectivity index (χ2n) is 5.27. The van der Waals surface area contributed by atoms with Gasteiger partial charge in [0.2, 0.25) is 0 Å². The largest absolute Gasteiger partial charge is 0.326 e. The molecule has 1 aromatic rings. The molecule has 2 unspecified atom stereocenters. The summed E-state index contributed by atoms with van der Waals surface area (Å²) < 4.78 is 1.16. The van der Waals surface area contributed by atoms with Crippen molar-refractivity contribution in [2.24, 2.45) is 5.73 Å². The van der Waals surface area contributed by atoms with Crippen LogP contribution in [0.4, 0.5) is 0 Å². The number of rotatable bonds is 2. The van der Waals surface area contributed by atoms with Crippen LogP contribution in [0.2, 0.25) is 0 Å². The van der Waals surface area contributed by atoms with E-state index in [2.05, 4.69) is 45.1 Å². The van der Waals surface area contributed by atoms with Crippen LogP contribution < -0.4 is 5.73 Å². The van der Waals surface area contributed by atoms with Crippen molar-refractivity contribution in [1.29, 1.82) is 0 Å². The van der Waals surface area contributed by atoms with E-state index in [0.29, 0.717) is 12.1 Å². The number of likely N-dealkylation sites (tertiary alicyclic amines) is 1. The highest BCUT2D eigenvalue weighted by Gasteiger charge is 2.39. The maximum Gasteiger partial charge on any atom is 0.0502 e. The highest BCUT2D eigenvalue weighted by molar-refractivity contribution is 9.10. The number of halogens is 1. The maximum atomic E-state index is 6.36. The van der Waals surface area contributed by atoms with Gasteiger partial charge in [-0.15, -0.1) is 0 Å². The quantitative estimate of drug-likeness (QED) is 0.908. The molecule has 92 valence electrons. The van der Waals surface area contributed by atoms with Gasteiger partial charge < -0.3 is 5.73 Å². The number of nitrogens with zero attached hydrogens (tertiary/aromatic N) is 1. The van der Waals surface area contributed by atoms with E-state index in [0.717, 1.165) is 16.9 Å². The van der Waals surface area contributed by atoms with Crippen molar-refractivity contribution in [2.45, 2.75) is 43.8 Å². The lowest BCUT2D eigenvalue weighted by Gasteiger charge is -2.40. The third kappa shape index (κ3) is 2.42. The molecule has 1 saturated carbocycles. The summed E-state index contributed by atoms with van der Waals surface area (Å²) >= 11 is 3.56. The van der Waals surface area contributed by atoms with E-state index in [1.54, 1.807) is 0 Å². The van der Waals surface area contributed by atoms with E-state index in [1.165, 1.54) is 31.4 Å². The smallest absolute Gasteiger partial charge is 0.0502 e. The lowest BCUT2D eigenvalue weighted by Crippen LogP contribution is -2.46. The number of nitrogens with two attached hydrogens (primary N) is 1. The van der Waals surface area contributed by atoms with Gasteiger partial charge in [0.1, 0.15) is 0 Å². The zero-order valence-corrected chi connectivity index (χ0v) is 11.6. The maximum absolute atomic E-state index is 6.36. The molecule has 1 aliphatic carbocycles. The molecular formula is C14H19BrN2. The summed E-state index contributed by atoms with van der Waals surface area (Å²) in [6, 6.07) is 10.2. The van der Waals surface area contributed by atoms with Crippen LogP contribution in [0.5, 0.6) is 0 Å². The Bertz CT molecular complexity index is 403. The normalized spacial score (nSPS) is 30.5. The predicted octanol–water partition coefficient (Wildman–Crippen LogP) is 3.08. The molecule has 0 radical (unpaired) electrons. The first-order valence-electron chi connectivity index (χ1n) is 6.52. The fraction of sp³-hybridized carbons (Fsp3) is 0.571. The number of benzene rings is 1. The molecular weight excluding hydrogens is 276 g/mol. The molecule has 2 aliphatic rings. The van der Waals surface area contributed by atoms with E-state index in [-0.39, 0.29) is 0 Å². The summed E-state index contributed by atoms with van der Waals surface area (Å²) in [4.78, 5) is 2.63. The number of hydrogen-bond donors (Lipinski definition) is 1. The molecule has 1 aliphatic heterocycles. The summed E-state index contributed by atoms with van der Waals surface area (Å²) in [5, 5.41) is 0. The van der Waals surface area contributed by atoms with E-state index in [1.807, 2.05) is 0 Å². The average molecular weight is 295 g/mol. The Balaban J connectivity index is 1.90. The fourth-order valence-electron chi connectivity index (χ4n) is 3.00. The van der Waals surface area contributed by atoms with Crippen molar-refractivity contribution < 1.29 is 0 Å². The third-order valence-electron chi connectivity index (χ3n) is 3.92. The molecule has 0 spiro atoms. The third-order valence-corrected chi connectivity index (χ3v) is 4.42. The minimum absolute atomic E-state index is 0.290. The van der Waals surface area contributed by atoms with Crippen LogP contribution in [-0.4, -0.2) is 23.5 Å². The van der Waals surface area contributed by atoms with Gasteiger partial charge in [-0.3, -0.25) is 4.90 Å². The van der Waals surface area contributed by atoms with Gasteiger partial charge in [0.15, 0.2) is 0 Å². The first-order chi connectivity index (χ1) is 8.25. The second-order valence-corrected chi connectivity index (χ2v) is 6.19. The zero-order chi connectivity index (χ0) is 11.8. The van der Waals surface area contributed by atoms with Crippen LogP contribution in [-0.2, 0) is 0 Å². The standard InChI is InChI=1S/C14H19BrN2/c15-11-4-1-3-10(9-11)14-13(16)5-2-8-17(14)12-6-7-12/h1,3-4,9,12-14H,2,5-8,16H2. The first-order valence-corrected chi connectivity index (χ1v) is 7.32. The van der Waals surface area contributed by atoms with Crippen molar-refractivity contribution >= 4 is 15.9 Å². The van der Waals surface area contributed by atoms with Gasteiger partial charge >= 0.3 is 0 Å². The van der Waals surface area contributed by atoms with Gasteiger partial charge in [-0.25, -0.2) is 0 Å². The lowest BCUT2D eigenvalue weighted by atomic mass is 9.91. The summed E-state index contributed by atoms with van der Waals surface area (Å²) in [5.74, 6) is 0. The summed E-state index contributed by atoms with van der Waals surface area (Å²) in [5.41, 5.74) is 7.73. The highest BCUT2D eigenvalue weighted by atomic mass is 79.9. The Morgan fingerprint density at radius 1 is 1.24 bits per heavy atom.